The topological polar surface area (TPSA) is 121 Å². The molecule has 9 heteroatoms. The van der Waals surface area contributed by atoms with Crippen molar-refractivity contribution in [2.24, 2.45) is 29.1 Å². The smallest absolute Gasteiger partial charge is 0.328 e. The molecular formula is C29H44N4O5. The number of fused-ring (bicyclic) bond motifs is 2. The molecule has 38 heavy (non-hydrogen) atoms. The van der Waals surface area contributed by atoms with Crippen molar-refractivity contribution in [3.8, 4) is 0 Å². The van der Waals surface area contributed by atoms with Crippen LogP contribution in [0.5, 0.6) is 0 Å². The summed E-state index contributed by atoms with van der Waals surface area (Å²) in [7, 11) is 1.30. The molecule has 1 aliphatic carbocycles. The van der Waals surface area contributed by atoms with Crippen LogP contribution in [-0.2, 0) is 19.1 Å². The zero-order valence-corrected chi connectivity index (χ0v) is 24.0. The highest BCUT2D eigenvalue weighted by molar-refractivity contribution is 5.99. The Morgan fingerprint density at radius 3 is 2.18 bits per heavy atom. The van der Waals surface area contributed by atoms with Crippen molar-refractivity contribution >= 4 is 35.1 Å². The zero-order chi connectivity index (χ0) is 28.6. The summed E-state index contributed by atoms with van der Waals surface area (Å²) in [6, 6.07) is 9.01. The number of hydrogen-bond donors (Lipinski definition) is 3. The van der Waals surface area contributed by atoms with E-state index in [1.165, 1.54) is 7.11 Å². The fourth-order valence-corrected chi connectivity index (χ4v) is 4.63. The van der Waals surface area contributed by atoms with Crippen LogP contribution in [0.2, 0.25) is 0 Å². The quantitative estimate of drug-likeness (QED) is 0.375. The van der Waals surface area contributed by atoms with E-state index in [2.05, 4.69) is 55.0 Å². The summed E-state index contributed by atoms with van der Waals surface area (Å²) in [5, 5.41) is 6.09. The molecule has 1 saturated heterocycles. The van der Waals surface area contributed by atoms with Gasteiger partial charge in [-0.25, -0.2) is 4.79 Å². The van der Waals surface area contributed by atoms with Gasteiger partial charge in [0.15, 0.2) is 0 Å². The molecule has 2 aromatic rings. The van der Waals surface area contributed by atoms with E-state index in [0.29, 0.717) is 29.4 Å². The van der Waals surface area contributed by atoms with E-state index in [0.717, 1.165) is 29.9 Å². The van der Waals surface area contributed by atoms with Crippen molar-refractivity contribution < 1.29 is 23.9 Å². The van der Waals surface area contributed by atoms with Gasteiger partial charge < -0.3 is 25.3 Å². The van der Waals surface area contributed by atoms with Crippen molar-refractivity contribution in [1.82, 2.24) is 20.5 Å². The lowest BCUT2D eigenvalue weighted by Gasteiger charge is -2.22. The molecule has 3 N–H and O–H groups in total. The number of benzene rings is 1. The molecule has 1 aromatic carbocycles. The number of ether oxygens (including phenoxy) is 1. The van der Waals surface area contributed by atoms with Gasteiger partial charge in [0.2, 0.25) is 12.3 Å². The minimum absolute atomic E-state index is 0.0115. The van der Waals surface area contributed by atoms with Gasteiger partial charge in [0, 0.05) is 24.0 Å². The standard InChI is InChI=1S/C18H21N3O2.C7H13NO3.C4H10/c1-18(2)12-9-21(10-13(12)18)16(22)8-19-17(23)15-7-11-5-3-4-6-14(11)20-15;1-5(2)6(8-4-9)7(10)11-3;1-4(2)3/h3-7,12-13,20H,8-10H2,1-2H3,(H,19,23);4-6H,1-3H3,(H,8,9);4H,1-3H3. The average Bonchev–Trinajstić information content (AvgIpc) is 3.29. The number of carbonyl (C=O) groups is 4. The summed E-state index contributed by atoms with van der Waals surface area (Å²) < 4.78 is 4.47. The van der Waals surface area contributed by atoms with Crippen LogP contribution in [0.4, 0.5) is 0 Å². The Labute approximate surface area is 226 Å². The first-order valence-electron chi connectivity index (χ1n) is 13.2. The van der Waals surface area contributed by atoms with E-state index in [-0.39, 0.29) is 24.3 Å². The maximum atomic E-state index is 12.2. The number of para-hydroxylation sites is 1. The van der Waals surface area contributed by atoms with Gasteiger partial charge in [-0.2, -0.15) is 0 Å². The third kappa shape index (κ3) is 8.07. The molecular weight excluding hydrogens is 484 g/mol. The van der Waals surface area contributed by atoms with Crippen LogP contribution in [0.15, 0.2) is 30.3 Å². The number of aromatic nitrogens is 1. The second kappa shape index (κ2) is 13.4. The first-order chi connectivity index (χ1) is 17.8. The SMILES string of the molecule is CC(C)C.CC1(C)C2CN(C(=O)CNC(=O)c3cc4ccccc4[nH]3)CC21.COC(=O)C(NC=O)C(C)C. The van der Waals surface area contributed by atoms with Crippen LogP contribution in [0.3, 0.4) is 0 Å². The van der Waals surface area contributed by atoms with Crippen molar-refractivity contribution in [1.29, 1.82) is 0 Å². The van der Waals surface area contributed by atoms with Gasteiger partial charge in [-0.3, -0.25) is 14.4 Å². The predicted molar refractivity (Wildman–Crippen MR) is 148 cm³/mol. The number of aromatic amines is 1. The number of methoxy groups -OCH3 is 1. The number of nitrogens with zero attached hydrogens (tertiary/aromatic N) is 1. The molecule has 0 radical (unpaired) electrons. The van der Waals surface area contributed by atoms with Crippen LogP contribution < -0.4 is 10.6 Å². The number of likely N-dealkylation sites (tertiary alicyclic amines) is 1. The lowest BCUT2D eigenvalue weighted by molar-refractivity contribution is -0.145. The fraction of sp³-hybridized carbons (Fsp3) is 0.586. The highest BCUT2D eigenvalue weighted by atomic mass is 16.5. The third-order valence-corrected chi connectivity index (χ3v) is 7.02. The van der Waals surface area contributed by atoms with Crippen LogP contribution in [-0.4, -0.2) is 66.9 Å². The molecule has 3 amide bonds. The molecule has 1 aliphatic heterocycles. The normalized spacial score (nSPS) is 19.4. The molecule has 210 valence electrons. The number of nitrogens with one attached hydrogen (secondary N) is 3. The van der Waals surface area contributed by atoms with Gasteiger partial charge in [0.05, 0.1) is 13.7 Å². The minimum Gasteiger partial charge on any atom is -0.467 e. The average molecular weight is 529 g/mol. The van der Waals surface area contributed by atoms with Crippen molar-refractivity contribution in [3.63, 3.8) is 0 Å². The van der Waals surface area contributed by atoms with Gasteiger partial charge in [-0.1, -0.05) is 66.7 Å². The molecule has 3 atom stereocenters. The molecule has 1 saturated carbocycles. The van der Waals surface area contributed by atoms with Crippen molar-refractivity contribution in [2.75, 3.05) is 26.7 Å². The summed E-state index contributed by atoms with van der Waals surface area (Å²) in [5.74, 6) is 1.52. The van der Waals surface area contributed by atoms with E-state index in [1.54, 1.807) is 0 Å². The third-order valence-electron chi connectivity index (χ3n) is 7.02. The Morgan fingerprint density at radius 1 is 1.11 bits per heavy atom. The molecule has 3 unspecified atom stereocenters. The largest absolute Gasteiger partial charge is 0.467 e. The molecule has 2 heterocycles. The van der Waals surface area contributed by atoms with E-state index in [4.69, 9.17) is 0 Å². The van der Waals surface area contributed by atoms with Crippen LogP contribution in [0.1, 0.15) is 59.0 Å². The number of rotatable bonds is 7. The van der Waals surface area contributed by atoms with Gasteiger partial charge in [-0.15, -0.1) is 0 Å². The summed E-state index contributed by atoms with van der Waals surface area (Å²) in [6.45, 7) is 16.4. The Kier molecular flexibility index (Phi) is 10.9. The van der Waals surface area contributed by atoms with Crippen LogP contribution >= 0.6 is 0 Å². The van der Waals surface area contributed by atoms with E-state index < -0.39 is 12.0 Å². The van der Waals surface area contributed by atoms with Gasteiger partial charge in [0.1, 0.15) is 11.7 Å². The van der Waals surface area contributed by atoms with E-state index in [1.807, 2.05) is 49.1 Å². The first kappa shape index (κ1) is 30.9. The van der Waals surface area contributed by atoms with Gasteiger partial charge >= 0.3 is 5.97 Å². The Hall–Kier alpha value is -3.36. The molecule has 0 bridgehead atoms. The zero-order valence-electron chi connectivity index (χ0n) is 24.0. The van der Waals surface area contributed by atoms with Crippen LogP contribution in [0.25, 0.3) is 10.9 Å². The number of carbonyl (C=O) groups excluding carboxylic acids is 4. The Morgan fingerprint density at radius 2 is 1.68 bits per heavy atom. The second-order valence-corrected chi connectivity index (χ2v) is 11.5. The van der Waals surface area contributed by atoms with Crippen LogP contribution in [0, 0.1) is 29.1 Å². The lowest BCUT2D eigenvalue weighted by atomic mass is 10.1. The number of esters is 1. The summed E-state index contributed by atoms with van der Waals surface area (Å²) >= 11 is 0. The maximum absolute atomic E-state index is 12.2. The molecule has 9 nitrogen and oxygen atoms in total. The Bertz CT molecular complexity index is 1060. The van der Waals surface area contributed by atoms with E-state index in [9.17, 15) is 19.2 Å². The highest BCUT2D eigenvalue weighted by Crippen LogP contribution is 2.61. The fourth-order valence-electron chi connectivity index (χ4n) is 4.63. The number of amides is 3. The molecule has 4 rings (SSSR count). The highest BCUT2D eigenvalue weighted by Gasteiger charge is 2.62. The first-order valence-corrected chi connectivity index (χ1v) is 13.2. The van der Waals surface area contributed by atoms with Gasteiger partial charge in [0.25, 0.3) is 5.91 Å². The van der Waals surface area contributed by atoms with Crippen molar-refractivity contribution in [3.05, 3.63) is 36.0 Å². The monoisotopic (exact) mass is 528 g/mol. The number of piperidine rings is 1. The maximum Gasteiger partial charge on any atom is 0.328 e. The second-order valence-electron chi connectivity index (χ2n) is 11.5. The summed E-state index contributed by atoms with van der Waals surface area (Å²) in [4.78, 5) is 50.3. The molecule has 2 aliphatic rings. The molecule has 1 aromatic heterocycles. The Balaban J connectivity index is 0.000000285. The minimum atomic E-state index is -0.530. The number of H-pyrrole nitrogens is 1. The van der Waals surface area contributed by atoms with E-state index >= 15 is 0 Å². The van der Waals surface area contributed by atoms with Crippen molar-refractivity contribution in [2.45, 2.75) is 54.5 Å². The summed E-state index contributed by atoms with van der Waals surface area (Å²) in [5.41, 5.74) is 1.81. The number of hydrogen-bond acceptors (Lipinski definition) is 5. The van der Waals surface area contributed by atoms with Gasteiger partial charge in [-0.05, 0) is 41.2 Å². The lowest BCUT2D eigenvalue weighted by Crippen LogP contribution is -2.41. The summed E-state index contributed by atoms with van der Waals surface area (Å²) in [6.07, 6.45) is 0.502. The molecule has 0 spiro atoms. The molecule has 2 fully saturated rings. The predicted octanol–water partition coefficient (Wildman–Crippen LogP) is 3.60.